The number of aliphatic hydroxyl groups is 1. The first-order valence-corrected chi connectivity index (χ1v) is 10.4. The summed E-state index contributed by atoms with van der Waals surface area (Å²) in [6.45, 7) is 5.37. The quantitative estimate of drug-likeness (QED) is 0.426. The Bertz CT molecular complexity index is 1230. The van der Waals surface area contributed by atoms with E-state index in [0.29, 0.717) is 0 Å². The number of hydrogen-bond acceptors (Lipinski definition) is 4. The zero-order valence-corrected chi connectivity index (χ0v) is 18.4. The number of nitrogens with two attached hydrogens (primary N) is 1. The van der Waals surface area contributed by atoms with Crippen molar-refractivity contribution in [2.45, 2.75) is 32.8 Å². The van der Waals surface area contributed by atoms with Crippen LogP contribution in [-0.2, 0) is 12.0 Å². The maximum atomic E-state index is 11.6. The molecule has 0 saturated carbocycles. The van der Waals surface area contributed by atoms with Gasteiger partial charge in [0.05, 0.1) is 11.3 Å². The number of benzene rings is 2. The number of aromatic amines is 1. The van der Waals surface area contributed by atoms with Gasteiger partial charge in [0.25, 0.3) is 5.91 Å². The number of aromatic nitrogens is 3. The second-order valence-electron chi connectivity index (χ2n) is 8.50. The lowest BCUT2D eigenvalue weighted by Crippen LogP contribution is -2.15. The minimum Gasteiger partial charge on any atom is -0.386 e. The SMILES string of the molecule is Cc1[nH]nc(C(N)=O)c1-c1ccc(Cc2ccc(-c3ccc(C(C)(C)O)cn3)cc2)cc1. The third kappa shape index (κ3) is 4.45. The summed E-state index contributed by atoms with van der Waals surface area (Å²) in [5.74, 6) is -0.544. The van der Waals surface area contributed by atoms with Crippen molar-refractivity contribution in [3.8, 4) is 22.4 Å². The summed E-state index contributed by atoms with van der Waals surface area (Å²) in [5.41, 5.74) is 12.3. The van der Waals surface area contributed by atoms with Gasteiger partial charge in [0.1, 0.15) is 0 Å². The highest BCUT2D eigenvalue weighted by Gasteiger charge is 2.17. The van der Waals surface area contributed by atoms with Crippen LogP contribution in [0.3, 0.4) is 0 Å². The fourth-order valence-corrected chi connectivity index (χ4v) is 3.71. The van der Waals surface area contributed by atoms with Crippen molar-refractivity contribution in [2.75, 3.05) is 0 Å². The Hall–Kier alpha value is -3.77. The molecule has 0 unspecified atom stereocenters. The topological polar surface area (TPSA) is 105 Å². The van der Waals surface area contributed by atoms with Crippen LogP contribution in [0.4, 0.5) is 0 Å². The number of nitrogens with one attached hydrogen (secondary N) is 1. The number of nitrogens with zero attached hydrogens (tertiary/aromatic N) is 2. The molecule has 32 heavy (non-hydrogen) atoms. The number of pyridine rings is 1. The lowest BCUT2D eigenvalue weighted by atomic mass is 9.97. The van der Waals surface area contributed by atoms with Gasteiger partial charge in [-0.25, -0.2) is 0 Å². The van der Waals surface area contributed by atoms with Crippen LogP contribution in [0.2, 0.25) is 0 Å². The highest BCUT2D eigenvalue weighted by atomic mass is 16.3. The molecule has 0 aliphatic carbocycles. The van der Waals surface area contributed by atoms with Crippen LogP contribution in [0.5, 0.6) is 0 Å². The third-order valence-electron chi connectivity index (χ3n) is 5.55. The number of carbonyl (C=O) groups excluding carboxylic acids is 1. The van der Waals surface area contributed by atoms with Gasteiger partial charge in [-0.1, -0.05) is 54.6 Å². The van der Waals surface area contributed by atoms with E-state index in [1.54, 1.807) is 20.0 Å². The molecule has 162 valence electrons. The smallest absolute Gasteiger partial charge is 0.269 e. The molecule has 2 heterocycles. The number of aryl methyl sites for hydroxylation is 1. The van der Waals surface area contributed by atoms with Crippen LogP contribution < -0.4 is 5.73 Å². The zero-order chi connectivity index (χ0) is 22.9. The summed E-state index contributed by atoms with van der Waals surface area (Å²) in [6, 6.07) is 20.2. The Morgan fingerprint density at radius 1 is 0.969 bits per heavy atom. The van der Waals surface area contributed by atoms with Crippen LogP contribution >= 0.6 is 0 Å². The van der Waals surface area contributed by atoms with E-state index in [1.165, 1.54) is 5.56 Å². The molecule has 4 rings (SSSR count). The predicted molar refractivity (Wildman–Crippen MR) is 125 cm³/mol. The summed E-state index contributed by atoms with van der Waals surface area (Å²) in [6.07, 6.45) is 2.51. The summed E-state index contributed by atoms with van der Waals surface area (Å²) < 4.78 is 0. The molecule has 0 bridgehead atoms. The summed E-state index contributed by atoms with van der Waals surface area (Å²) in [4.78, 5) is 16.1. The molecule has 0 atom stereocenters. The van der Waals surface area contributed by atoms with Crippen LogP contribution in [-0.4, -0.2) is 26.2 Å². The Kier molecular flexibility index (Phi) is 5.63. The molecule has 0 fully saturated rings. The molecular formula is C26H26N4O2. The average Bonchev–Trinajstić information content (AvgIpc) is 3.16. The van der Waals surface area contributed by atoms with Crippen LogP contribution in [0.25, 0.3) is 22.4 Å². The van der Waals surface area contributed by atoms with Crippen molar-refractivity contribution in [2.24, 2.45) is 5.73 Å². The van der Waals surface area contributed by atoms with E-state index in [4.69, 9.17) is 5.73 Å². The second kappa shape index (κ2) is 8.40. The molecule has 0 aliphatic heterocycles. The lowest BCUT2D eigenvalue weighted by Gasteiger charge is -2.17. The molecule has 0 aliphatic rings. The van der Waals surface area contributed by atoms with Gasteiger partial charge in [0.2, 0.25) is 0 Å². The van der Waals surface area contributed by atoms with Crippen molar-refractivity contribution in [3.63, 3.8) is 0 Å². The Morgan fingerprint density at radius 3 is 2.06 bits per heavy atom. The highest BCUT2D eigenvalue weighted by molar-refractivity contribution is 5.98. The summed E-state index contributed by atoms with van der Waals surface area (Å²) >= 11 is 0. The van der Waals surface area contributed by atoms with Gasteiger partial charge >= 0.3 is 0 Å². The van der Waals surface area contributed by atoms with Crippen molar-refractivity contribution in [1.29, 1.82) is 0 Å². The first kappa shape index (κ1) is 21.5. The standard InChI is InChI=1S/C26H26N4O2/c1-16-23(24(25(27)31)30-29-16)20-10-6-18(7-11-20)14-17-4-8-19(9-5-17)22-13-12-21(15-28-22)26(2,3)32/h4-13,15,32H,14H2,1-3H3,(H2,27,31)(H,29,30). The zero-order valence-electron chi connectivity index (χ0n) is 18.4. The molecule has 0 saturated heterocycles. The Labute approximate surface area is 187 Å². The van der Waals surface area contributed by atoms with Gasteiger partial charge in [0, 0.05) is 28.6 Å². The van der Waals surface area contributed by atoms with Gasteiger partial charge in [-0.3, -0.25) is 14.9 Å². The molecule has 1 amide bonds. The van der Waals surface area contributed by atoms with Gasteiger partial charge in [-0.05, 0) is 49.9 Å². The molecule has 0 spiro atoms. The third-order valence-corrected chi connectivity index (χ3v) is 5.55. The van der Waals surface area contributed by atoms with Gasteiger partial charge in [-0.15, -0.1) is 0 Å². The van der Waals surface area contributed by atoms with E-state index >= 15 is 0 Å². The van der Waals surface area contributed by atoms with Crippen LogP contribution in [0.1, 0.15) is 46.7 Å². The largest absolute Gasteiger partial charge is 0.386 e. The number of amides is 1. The average molecular weight is 427 g/mol. The van der Waals surface area contributed by atoms with Gasteiger partial charge in [-0.2, -0.15) is 5.10 Å². The molecule has 0 radical (unpaired) electrons. The first-order valence-electron chi connectivity index (χ1n) is 10.4. The van der Waals surface area contributed by atoms with Crippen LogP contribution in [0, 0.1) is 6.92 Å². The van der Waals surface area contributed by atoms with E-state index in [2.05, 4.69) is 51.6 Å². The molecule has 6 nitrogen and oxygen atoms in total. The van der Waals surface area contributed by atoms with Crippen molar-refractivity contribution >= 4 is 5.91 Å². The summed E-state index contributed by atoms with van der Waals surface area (Å²) in [7, 11) is 0. The monoisotopic (exact) mass is 426 g/mol. The van der Waals surface area contributed by atoms with Crippen molar-refractivity contribution in [3.05, 3.63) is 94.9 Å². The Morgan fingerprint density at radius 2 is 1.56 bits per heavy atom. The fourth-order valence-electron chi connectivity index (χ4n) is 3.71. The maximum absolute atomic E-state index is 11.6. The minimum absolute atomic E-state index is 0.259. The van der Waals surface area contributed by atoms with Crippen LogP contribution in [0.15, 0.2) is 66.9 Å². The van der Waals surface area contributed by atoms with E-state index < -0.39 is 11.5 Å². The maximum Gasteiger partial charge on any atom is 0.269 e. The number of hydrogen-bond donors (Lipinski definition) is 3. The van der Waals surface area contributed by atoms with E-state index in [1.807, 2.05) is 31.2 Å². The number of H-pyrrole nitrogens is 1. The molecule has 4 aromatic rings. The second-order valence-corrected chi connectivity index (χ2v) is 8.50. The normalized spacial score (nSPS) is 11.5. The highest BCUT2D eigenvalue weighted by Crippen LogP contribution is 2.27. The van der Waals surface area contributed by atoms with E-state index in [-0.39, 0.29) is 5.69 Å². The van der Waals surface area contributed by atoms with E-state index in [9.17, 15) is 9.90 Å². The molecule has 4 N–H and O–H groups in total. The number of rotatable bonds is 6. The lowest BCUT2D eigenvalue weighted by molar-refractivity contribution is 0.0782. The summed E-state index contributed by atoms with van der Waals surface area (Å²) in [5, 5.41) is 16.9. The first-order chi connectivity index (χ1) is 15.2. The minimum atomic E-state index is -0.900. The van der Waals surface area contributed by atoms with Gasteiger partial charge in [0.15, 0.2) is 5.69 Å². The van der Waals surface area contributed by atoms with E-state index in [0.717, 1.165) is 45.6 Å². The molecular weight excluding hydrogens is 400 g/mol. The predicted octanol–water partition coefficient (Wildman–Crippen LogP) is 4.36. The van der Waals surface area contributed by atoms with Gasteiger partial charge < -0.3 is 10.8 Å². The van der Waals surface area contributed by atoms with Crippen molar-refractivity contribution < 1.29 is 9.90 Å². The molecule has 6 heteroatoms. The number of primary amides is 1. The van der Waals surface area contributed by atoms with Crippen molar-refractivity contribution in [1.82, 2.24) is 15.2 Å². The molecule has 2 aromatic heterocycles. The molecule has 2 aromatic carbocycles. The fraction of sp³-hybridized carbons (Fsp3) is 0.192. The Balaban J connectivity index is 1.48. The number of carbonyl (C=O) groups is 1.